The van der Waals surface area contributed by atoms with Crippen LogP contribution in [0.25, 0.3) is 22.3 Å². The molecule has 0 aromatic heterocycles. The molecule has 0 saturated heterocycles. The lowest BCUT2D eigenvalue weighted by atomic mass is 9.33. The van der Waals surface area contributed by atoms with Crippen molar-refractivity contribution in [3.8, 4) is 28.0 Å². The second-order valence-corrected chi connectivity index (χ2v) is 16.8. The standard InChI is InChI=1S/C50H45BN2O/c1-49(2,3)35-25-27-44-40(29-35)51-41-30-36(50(4,5)6)26-28-45(41)53(43-24-16-14-22-39(43)34-19-11-8-12-20-34)47-32-37(54)31-46(48(47)51)52(44)42-23-15-13-21-38(42)33-17-9-7-10-18-33/h7-32,54H,1-6H3. The van der Waals surface area contributed by atoms with Crippen LogP contribution in [0.3, 0.4) is 0 Å². The van der Waals surface area contributed by atoms with Gasteiger partial charge in [-0.15, -0.1) is 0 Å². The summed E-state index contributed by atoms with van der Waals surface area (Å²) >= 11 is 0. The largest absolute Gasteiger partial charge is 0.508 e. The van der Waals surface area contributed by atoms with E-state index in [1.54, 1.807) is 0 Å². The summed E-state index contributed by atoms with van der Waals surface area (Å²) in [6, 6.07) is 56.7. The lowest BCUT2D eigenvalue weighted by Crippen LogP contribution is -2.61. The van der Waals surface area contributed by atoms with Crippen LogP contribution >= 0.6 is 0 Å². The van der Waals surface area contributed by atoms with Crippen molar-refractivity contribution < 1.29 is 5.11 Å². The molecule has 0 amide bonds. The van der Waals surface area contributed by atoms with Gasteiger partial charge in [0.05, 0.1) is 11.4 Å². The highest BCUT2D eigenvalue weighted by Gasteiger charge is 2.45. The molecule has 0 aliphatic carbocycles. The van der Waals surface area contributed by atoms with Crippen molar-refractivity contribution >= 4 is 57.2 Å². The van der Waals surface area contributed by atoms with Gasteiger partial charge in [0.15, 0.2) is 0 Å². The van der Waals surface area contributed by atoms with E-state index in [1.165, 1.54) is 27.5 Å². The van der Waals surface area contributed by atoms with Crippen LogP contribution in [-0.2, 0) is 10.8 Å². The van der Waals surface area contributed by atoms with Crippen LogP contribution in [0, 0.1) is 0 Å². The maximum Gasteiger partial charge on any atom is 0.252 e. The van der Waals surface area contributed by atoms with Crippen molar-refractivity contribution in [3.05, 3.63) is 169 Å². The van der Waals surface area contributed by atoms with Crippen LogP contribution in [0.4, 0.5) is 34.1 Å². The topological polar surface area (TPSA) is 26.7 Å². The molecule has 7 aromatic carbocycles. The van der Waals surface area contributed by atoms with E-state index in [9.17, 15) is 5.11 Å². The number of benzene rings is 7. The molecule has 0 saturated carbocycles. The van der Waals surface area contributed by atoms with Gasteiger partial charge in [0, 0.05) is 46.0 Å². The first-order valence-electron chi connectivity index (χ1n) is 19.0. The molecule has 2 aliphatic rings. The Balaban J connectivity index is 1.41. The summed E-state index contributed by atoms with van der Waals surface area (Å²) in [6.45, 7) is 13.7. The summed E-state index contributed by atoms with van der Waals surface area (Å²) in [7, 11) is 0. The van der Waals surface area contributed by atoms with Gasteiger partial charge in [0.25, 0.3) is 6.71 Å². The number of para-hydroxylation sites is 2. The van der Waals surface area contributed by atoms with E-state index in [1.807, 2.05) is 12.1 Å². The molecule has 3 nitrogen and oxygen atoms in total. The highest BCUT2D eigenvalue weighted by Crippen LogP contribution is 2.49. The molecule has 9 rings (SSSR count). The Morgan fingerprint density at radius 1 is 0.407 bits per heavy atom. The third-order valence-electron chi connectivity index (χ3n) is 11.2. The quantitative estimate of drug-likeness (QED) is 0.185. The van der Waals surface area contributed by atoms with Gasteiger partial charge in [-0.25, -0.2) is 0 Å². The number of anilines is 6. The molecule has 54 heavy (non-hydrogen) atoms. The molecule has 0 radical (unpaired) electrons. The van der Waals surface area contributed by atoms with Crippen molar-refractivity contribution in [1.82, 2.24) is 0 Å². The van der Waals surface area contributed by atoms with Gasteiger partial charge < -0.3 is 14.9 Å². The SMILES string of the molecule is CC(C)(C)c1ccc2c(c1)B1c3cc(C(C)(C)C)ccc3N(c3ccccc3-c3ccccc3)c3cc(O)cc(c31)N2c1ccccc1-c1ccccc1. The van der Waals surface area contributed by atoms with E-state index in [2.05, 4.69) is 197 Å². The molecule has 7 aromatic rings. The second-order valence-electron chi connectivity index (χ2n) is 16.8. The minimum atomic E-state index is -0.0644. The average molecular weight is 701 g/mol. The van der Waals surface area contributed by atoms with E-state index in [-0.39, 0.29) is 23.3 Å². The molecule has 2 heterocycles. The van der Waals surface area contributed by atoms with Crippen molar-refractivity contribution in [1.29, 1.82) is 0 Å². The molecule has 4 heteroatoms. The van der Waals surface area contributed by atoms with Crippen LogP contribution < -0.4 is 26.2 Å². The van der Waals surface area contributed by atoms with Crippen LogP contribution in [0.1, 0.15) is 52.7 Å². The maximum atomic E-state index is 11.9. The van der Waals surface area contributed by atoms with Crippen molar-refractivity contribution in [2.75, 3.05) is 9.80 Å². The highest BCUT2D eigenvalue weighted by atomic mass is 16.3. The first-order chi connectivity index (χ1) is 26.0. The first-order valence-corrected chi connectivity index (χ1v) is 19.0. The van der Waals surface area contributed by atoms with E-state index in [0.29, 0.717) is 0 Å². The molecule has 2 aliphatic heterocycles. The number of rotatable bonds is 4. The summed E-state index contributed by atoms with van der Waals surface area (Å²) in [5.74, 6) is 0.233. The molecule has 0 unspecified atom stereocenters. The van der Waals surface area contributed by atoms with Crippen LogP contribution in [0.5, 0.6) is 5.75 Å². The zero-order valence-corrected chi connectivity index (χ0v) is 31.9. The van der Waals surface area contributed by atoms with Gasteiger partial charge in [-0.3, -0.25) is 0 Å². The second kappa shape index (κ2) is 12.6. The van der Waals surface area contributed by atoms with Gasteiger partial charge in [-0.2, -0.15) is 0 Å². The van der Waals surface area contributed by atoms with Gasteiger partial charge in [0.2, 0.25) is 0 Å². The van der Waals surface area contributed by atoms with E-state index in [4.69, 9.17) is 0 Å². The van der Waals surface area contributed by atoms with Crippen molar-refractivity contribution in [2.24, 2.45) is 0 Å². The van der Waals surface area contributed by atoms with Crippen LogP contribution in [0.2, 0.25) is 0 Å². The monoisotopic (exact) mass is 700 g/mol. The van der Waals surface area contributed by atoms with Crippen molar-refractivity contribution in [2.45, 2.75) is 52.4 Å². The fraction of sp³-hybridized carbons (Fsp3) is 0.160. The summed E-state index contributed by atoms with van der Waals surface area (Å²) in [5, 5.41) is 11.9. The number of aromatic hydroxyl groups is 1. The number of hydrogen-bond acceptors (Lipinski definition) is 3. The van der Waals surface area contributed by atoms with Gasteiger partial charge in [0.1, 0.15) is 5.75 Å². The Hall–Kier alpha value is -6.00. The predicted molar refractivity (Wildman–Crippen MR) is 230 cm³/mol. The number of nitrogens with zero attached hydrogens (tertiary/aromatic N) is 2. The number of hydrogen-bond donors (Lipinski definition) is 1. The molecular formula is C50H45BN2O. The smallest absolute Gasteiger partial charge is 0.252 e. The fourth-order valence-corrected chi connectivity index (χ4v) is 8.50. The number of fused-ring (bicyclic) bond motifs is 4. The zero-order chi connectivity index (χ0) is 37.4. The third-order valence-corrected chi connectivity index (χ3v) is 11.2. The molecule has 0 bridgehead atoms. The Morgan fingerprint density at radius 2 is 0.796 bits per heavy atom. The molecule has 1 N–H and O–H groups in total. The predicted octanol–water partition coefficient (Wildman–Crippen LogP) is 11.4. The van der Waals surface area contributed by atoms with E-state index >= 15 is 0 Å². The molecule has 0 spiro atoms. The first kappa shape index (κ1) is 33.8. The van der Waals surface area contributed by atoms with Gasteiger partial charge in [-0.05, 0) is 73.7 Å². The van der Waals surface area contributed by atoms with Crippen LogP contribution in [0.15, 0.2) is 158 Å². The Morgan fingerprint density at radius 3 is 1.20 bits per heavy atom. The van der Waals surface area contributed by atoms with E-state index in [0.717, 1.165) is 56.4 Å². The molecule has 0 fully saturated rings. The minimum Gasteiger partial charge on any atom is -0.508 e. The lowest BCUT2D eigenvalue weighted by molar-refractivity contribution is 0.476. The molecule has 0 atom stereocenters. The van der Waals surface area contributed by atoms with Crippen molar-refractivity contribution in [3.63, 3.8) is 0 Å². The normalized spacial score (nSPS) is 13.3. The third kappa shape index (κ3) is 5.51. The van der Waals surface area contributed by atoms with E-state index < -0.39 is 0 Å². The molecular weight excluding hydrogens is 655 g/mol. The number of phenolic OH excluding ortho intramolecular Hbond substituents is 1. The summed E-state index contributed by atoms with van der Waals surface area (Å²) in [5.41, 5.74) is 17.2. The molecule has 264 valence electrons. The highest BCUT2D eigenvalue weighted by molar-refractivity contribution is 7.00. The fourth-order valence-electron chi connectivity index (χ4n) is 8.50. The summed E-state index contributed by atoms with van der Waals surface area (Å²) in [4.78, 5) is 4.80. The zero-order valence-electron chi connectivity index (χ0n) is 31.9. The summed E-state index contributed by atoms with van der Waals surface area (Å²) < 4.78 is 0. The van der Waals surface area contributed by atoms with Gasteiger partial charge >= 0.3 is 0 Å². The Labute approximate surface area is 320 Å². The Kier molecular flexibility index (Phi) is 7.86. The summed E-state index contributed by atoms with van der Waals surface area (Å²) in [6.07, 6.45) is 0. The Bertz CT molecular complexity index is 2370. The minimum absolute atomic E-state index is 0.0503. The van der Waals surface area contributed by atoms with Crippen LogP contribution in [-0.4, -0.2) is 11.8 Å². The number of phenols is 1. The average Bonchev–Trinajstić information content (AvgIpc) is 3.17. The lowest BCUT2D eigenvalue weighted by Gasteiger charge is -2.45. The maximum absolute atomic E-state index is 11.9. The van der Waals surface area contributed by atoms with Gasteiger partial charge in [-0.1, -0.05) is 163 Å².